The van der Waals surface area contributed by atoms with E-state index in [0.29, 0.717) is 12.8 Å². The quantitative estimate of drug-likeness (QED) is 0.749. The molecule has 6 heteroatoms. The first-order chi connectivity index (χ1) is 11.5. The number of aliphatic hydroxyl groups is 2. The van der Waals surface area contributed by atoms with Crippen LogP contribution in [-0.2, 0) is 19.1 Å². The van der Waals surface area contributed by atoms with E-state index in [-0.39, 0.29) is 30.3 Å². The number of hydrogen-bond donors (Lipinski definition) is 2. The molecule has 7 atom stereocenters. The molecular formula is C19H32O6. The van der Waals surface area contributed by atoms with E-state index in [1.54, 1.807) is 6.92 Å². The van der Waals surface area contributed by atoms with Gasteiger partial charge >= 0.3 is 11.9 Å². The van der Waals surface area contributed by atoms with Crippen molar-refractivity contribution in [1.82, 2.24) is 0 Å². The fourth-order valence-electron chi connectivity index (χ4n) is 5.10. The standard InChI is InChI=1S/C19H32O6/c1-11(10-24-12(2)20)14-6-8-18(4)15(22)7-9-19(5,23)17(18)16(14)25-13(3)21/h11,14-17,22-23H,6-10H2,1-5H3/t11-,14+,15+,16+,17-,18+,19-/m1/s1. The SMILES string of the molecule is CC(=O)OC[C@@H](C)[C@@H]1CC[C@]2(C)[C@@H]([C@H]1OC(C)=O)[C@](C)(O)CC[C@@H]2O. The smallest absolute Gasteiger partial charge is 0.302 e. The second-order valence-electron chi connectivity index (χ2n) is 8.45. The summed E-state index contributed by atoms with van der Waals surface area (Å²) < 4.78 is 10.9. The summed E-state index contributed by atoms with van der Waals surface area (Å²) in [4.78, 5) is 22.9. The van der Waals surface area contributed by atoms with Gasteiger partial charge in [0.2, 0.25) is 0 Å². The first-order valence-corrected chi connectivity index (χ1v) is 9.20. The van der Waals surface area contributed by atoms with Crippen LogP contribution < -0.4 is 0 Å². The highest BCUT2D eigenvalue weighted by atomic mass is 16.5. The summed E-state index contributed by atoms with van der Waals surface area (Å²) in [6.07, 6.45) is 1.47. The monoisotopic (exact) mass is 356 g/mol. The highest BCUT2D eigenvalue weighted by Crippen LogP contribution is 2.57. The van der Waals surface area contributed by atoms with E-state index in [4.69, 9.17) is 9.47 Å². The number of aliphatic hydroxyl groups excluding tert-OH is 1. The van der Waals surface area contributed by atoms with Crippen LogP contribution in [0.2, 0.25) is 0 Å². The van der Waals surface area contributed by atoms with Gasteiger partial charge in [-0.3, -0.25) is 9.59 Å². The molecule has 0 aromatic heterocycles. The van der Waals surface area contributed by atoms with E-state index < -0.39 is 29.2 Å². The zero-order valence-electron chi connectivity index (χ0n) is 15.9. The predicted octanol–water partition coefficient (Wildman–Crippen LogP) is 2.06. The minimum absolute atomic E-state index is 0.00679. The van der Waals surface area contributed by atoms with Crippen LogP contribution in [0.3, 0.4) is 0 Å². The Labute approximate surface area is 149 Å². The molecule has 144 valence electrons. The van der Waals surface area contributed by atoms with Crippen molar-refractivity contribution in [3.05, 3.63) is 0 Å². The Kier molecular flexibility index (Phi) is 5.84. The maximum Gasteiger partial charge on any atom is 0.302 e. The molecule has 0 saturated heterocycles. The molecular weight excluding hydrogens is 324 g/mol. The average molecular weight is 356 g/mol. The van der Waals surface area contributed by atoms with Gasteiger partial charge in [-0.05, 0) is 38.5 Å². The largest absolute Gasteiger partial charge is 0.466 e. The highest BCUT2D eigenvalue weighted by molar-refractivity contribution is 5.66. The van der Waals surface area contributed by atoms with Crippen LogP contribution in [0.4, 0.5) is 0 Å². The molecule has 0 aromatic rings. The van der Waals surface area contributed by atoms with Crippen molar-refractivity contribution in [2.24, 2.45) is 23.2 Å². The van der Waals surface area contributed by atoms with Crippen molar-refractivity contribution in [2.45, 2.75) is 78.1 Å². The molecule has 0 aliphatic heterocycles. The normalized spacial score (nSPS) is 42.2. The number of rotatable bonds is 4. The zero-order valence-corrected chi connectivity index (χ0v) is 15.9. The van der Waals surface area contributed by atoms with Gasteiger partial charge in [-0.25, -0.2) is 0 Å². The summed E-state index contributed by atoms with van der Waals surface area (Å²) in [5, 5.41) is 21.7. The summed E-state index contributed by atoms with van der Waals surface area (Å²) in [7, 11) is 0. The van der Waals surface area contributed by atoms with Crippen molar-refractivity contribution in [3.63, 3.8) is 0 Å². The maximum absolute atomic E-state index is 11.8. The lowest BCUT2D eigenvalue weighted by atomic mass is 9.50. The first kappa shape index (κ1) is 20.2. The molecule has 2 aliphatic carbocycles. The Bertz CT molecular complexity index is 516. The van der Waals surface area contributed by atoms with Crippen molar-refractivity contribution >= 4 is 11.9 Å². The molecule has 0 spiro atoms. The Morgan fingerprint density at radius 1 is 1.16 bits per heavy atom. The summed E-state index contributed by atoms with van der Waals surface area (Å²) >= 11 is 0. The van der Waals surface area contributed by atoms with Crippen LogP contribution in [-0.4, -0.2) is 46.6 Å². The number of fused-ring (bicyclic) bond motifs is 1. The minimum Gasteiger partial charge on any atom is -0.466 e. The molecule has 25 heavy (non-hydrogen) atoms. The summed E-state index contributed by atoms with van der Waals surface area (Å²) in [5.41, 5.74) is -1.52. The molecule has 2 N–H and O–H groups in total. The topological polar surface area (TPSA) is 93.1 Å². The molecule has 2 aliphatic rings. The summed E-state index contributed by atoms with van der Waals surface area (Å²) in [5.74, 6) is -1.12. The van der Waals surface area contributed by atoms with Crippen molar-refractivity contribution in [2.75, 3.05) is 6.61 Å². The fraction of sp³-hybridized carbons (Fsp3) is 0.895. The molecule has 0 unspecified atom stereocenters. The molecule has 2 fully saturated rings. The molecule has 2 saturated carbocycles. The van der Waals surface area contributed by atoms with Crippen molar-refractivity contribution < 1.29 is 29.3 Å². The lowest BCUT2D eigenvalue weighted by molar-refractivity contribution is -0.231. The summed E-state index contributed by atoms with van der Waals surface area (Å²) in [6, 6.07) is 0. The van der Waals surface area contributed by atoms with Crippen LogP contribution in [0, 0.1) is 23.2 Å². The minimum atomic E-state index is -1.02. The maximum atomic E-state index is 11.8. The van der Waals surface area contributed by atoms with E-state index >= 15 is 0 Å². The van der Waals surface area contributed by atoms with Gasteiger partial charge in [0.05, 0.1) is 18.3 Å². The van der Waals surface area contributed by atoms with Gasteiger partial charge in [0, 0.05) is 31.1 Å². The van der Waals surface area contributed by atoms with E-state index in [1.165, 1.54) is 13.8 Å². The second kappa shape index (κ2) is 7.23. The van der Waals surface area contributed by atoms with Crippen LogP contribution in [0.5, 0.6) is 0 Å². The Hall–Kier alpha value is -1.14. The van der Waals surface area contributed by atoms with E-state index in [2.05, 4.69) is 0 Å². The van der Waals surface area contributed by atoms with Crippen LogP contribution in [0.25, 0.3) is 0 Å². The number of esters is 2. The Balaban J connectivity index is 2.34. The van der Waals surface area contributed by atoms with Crippen LogP contribution in [0.1, 0.15) is 60.3 Å². The van der Waals surface area contributed by atoms with Crippen LogP contribution in [0.15, 0.2) is 0 Å². The van der Waals surface area contributed by atoms with Gasteiger partial charge in [-0.15, -0.1) is 0 Å². The van der Waals surface area contributed by atoms with Crippen molar-refractivity contribution in [3.8, 4) is 0 Å². The zero-order chi connectivity index (χ0) is 19.0. The average Bonchev–Trinajstić information content (AvgIpc) is 2.48. The Morgan fingerprint density at radius 3 is 2.36 bits per heavy atom. The van der Waals surface area contributed by atoms with Crippen molar-refractivity contribution in [1.29, 1.82) is 0 Å². The summed E-state index contributed by atoms with van der Waals surface area (Å²) in [6.45, 7) is 8.73. The third-order valence-electron chi connectivity index (χ3n) is 6.41. The van der Waals surface area contributed by atoms with Gasteiger partial charge in [-0.1, -0.05) is 13.8 Å². The van der Waals surface area contributed by atoms with Gasteiger partial charge < -0.3 is 19.7 Å². The van der Waals surface area contributed by atoms with E-state index in [9.17, 15) is 19.8 Å². The van der Waals surface area contributed by atoms with Crippen LogP contribution >= 0.6 is 0 Å². The fourth-order valence-corrected chi connectivity index (χ4v) is 5.10. The molecule has 6 nitrogen and oxygen atoms in total. The predicted molar refractivity (Wildman–Crippen MR) is 91.5 cm³/mol. The molecule has 0 heterocycles. The molecule has 0 aromatic carbocycles. The van der Waals surface area contributed by atoms with E-state index in [1.807, 2.05) is 13.8 Å². The highest BCUT2D eigenvalue weighted by Gasteiger charge is 2.61. The lowest BCUT2D eigenvalue weighted by Crippen LogP contribution is -2.64. The third-order valence-corrected chi connectivity index (χ3v) is 6.41. The molecule has 0 radical (unpaired) electrons. The lowest BCUT2D eigenvalue weighted by Gasteiger charge is -2.59. The first-order valence-electron chi connectivity index (χ1n) is 9.20. The molecule has 2 rings (SSSR count). The molecule has 0 amide bonds. The number of hydrogen-bond acceptors (Lipinski definition) is 6. The second-order valence-corrected chi connectivity index (χ2v) is 8.45. The van der Waals surface area contributed by atoms with Gasteiger partial charge in [0.15, 0.2) is 0 Å². The van der Waals surface area contributed by atoms with Gasteiger partial charge in [0.1, 0.15) is 6.10 Å². The number of carbonyl (C=O) groups excluding carboxylic acids is 2. The molecule has 0 bridgehead atoms. The number of ether oxygens (including phenoxy) is 2. The number of carbonyl (C=O) groups is 2. The van der Waals surface area contributed by atoms with E-state index in [0.717, 1.165) is 12.8 Å². The third kappa shape index (κ3) is 4.00. The van der Waals surface area contributed by atoms with Gasteiger partial charge in [-0.2, -0.15) is 0 Å². The van der Waals surface area contributed by atoms with Gasteiger partial charge in [0.25, 0.3) is 0 Å². The Morgan fingerprint density at radius 2 is 1.80 bits per heavy atom.